The summed E-state index contributed by atoms with van der Waals surface area (Å²) < 4.78 is 10.2. The zero-order valence-electron chi connectivity index (χ0n) is 13.6. The largest absolute Gasteiger partial charge is 0.463 e. The van der Waals surface area contributed by atoms with Crippen LogP contribution in [0.25, 0.3) is 0 Å². The molecule has 0 aromatic rings. The van der Waals surface area contributed by atoms with Crippen molar-refractivity contribution in [2.45, 2.75) is 58.3 Å². The first kappa shape index (κ1) is 18.5. The molecule has 0 aromatic carbocycles. The Balaban J connectivity index is 2.05. The molecule has 0 spiro atoms. The van der Waals surface area contributed by atoms with Gasteiger partial charge in [-0.1, -0.05) is 44.8 Å². The molecule has 0 heterocycles. The van der Waals surface area contributed by atoms with Crippen LogP contribution < -0.4 is 0 Å². The highest BCUT2D eigenvalue weighted by atomic mass is 16.5. The lowest BCUT2D eigenvalue weighted by molar-refractivity contribution is -0.141. The minimum atomic E-state index is -0.479. The van der Waals surface area contributed by atoms with Crippen LogP contribution in [0.15, 0.2) is 24.3 Å². The van der Waals surface area contributed by atoms with Gasteiger partial charge in [-0.05, 0) is 31.6 Å². The van der Waals surface area contributed by atoms with Gasteiger partial charge in [0.1, 0.15) is 0 Å². The highest BCUT2D eigenvalue weighted by Crippen LogP contribution is 2.18. The molecular weight excluding hydrogens is 280 g/mol. The number of unbranched alkanes of at least 4 members (excludes halogenated alkanes) is 4. The van der Waals surface area contributed by atoms with Crippen molar-refractivity contribution >= 4 is 11.9 Å². The minimum Gasteiger partial charge on any atom is -0.463 e. The molecule has 0 radical (unpaired) electrons. The highest BCUT2D eigenvalue weighted by molar-refractivity contribution is 5.91. The average molecular weight is 308 g/mol. The van der Waals surface area contributed by atoms with E-state index in [1.807, 2.05) is 0 Å². The van der Waals surface area contributed by atoms with Crippen LogP contribution in [0, 0.1) is 5.92 Å². The van der Waals surface area contributed by atoms with E-state index >= 15 is 0 Å². The lowest BCUT2D eigenvalue weighted by Crippen LogP contribution is -2.14. The van der Waals surface area contributed by atoms with E-state index in [0.717, 1.165) is 44.3 Å². The third-order valence-electron chi connectivity index (χ3n) is 3.69. The Morgan fingerprint density at radius 1 is 1.05 bits per heavy atom. The molecule has 0 aliphatic heterocycles. The van der Waals surface area contributed by atoms with Gasteiger partial charge in [0.15, 0.2) is 0 Å². The third kappa shape index (κ3) is 9.37. The summed E-state index contributed by atoms with van der Waals surface area (Å²) in [5.74, 6) is -0.556. The van der Waals surface area contributed by atoms with Crippen molar-refractivity contribution in [1.29, 1.82) is 0 Å². The van der Waals surface area contributed by atoms with Crippen molar-refractivity contribution in [3.05, 3.63) is 24.3 Å². The van der Waals surface area contributed by atoms with Crippen molar-refractivity contribution in [2.24, 2.45) is 5.92 Å². The van der Waals surface area contributed by atoms with Crippen molar-refractivity contribution < 1.29 is 19.1 Å². The van der Waals surface area contributed by atoms with Gasteiger partial charge in [-0.15, -0.1) is 0 Å². The Bertz CT molecular complexity index is 385. The summed E-state index contributed by atoms with van der Waals surface area (Å²) in [6, 6.07) is 0. The van der Waals surface area contributed by atoms with Crippen LogP contribution in [0.3, 0.4) is 0 Å². The number of ether oxygens (including phenoxy) is 2. The van der Waals surface area contributed by atoms with Gasteiger partial charge in [0.2, 0.25) is 0 Å². The molecule has 4 nitrogen and oxygen atoms in total. The van der Waals surface area contributed by atoms with Crippen LogP contribution >= 0.6 is 0 Å². The minimum absolute atomic E-state index is 0.400. The maximum absolute atomic E-state index is 11.5. The second-order valence-electron chi connectivity index (χ2n) is 5.70. The smallest absolute Gasteiger partial charge is 0.331 e. The van der Waals surface area contributed by atoms with E-state index in [-0.39, 0.29) is 0 Å². The molecule has 1 unspecified atom stereocenters. The van der Waals surface area contributed by atoms with Crippen molar-refractivity contribution in [2.75, 3.05) is 13.2 Å². The molecule has 0 fully saturated rings. The van der Waals surface area contributed by atoms with Crippen LogP contribution in [0.1, 0.15) is 58.3 Å². The molecule has 4 heteroatoms. The fourth-order valence-electron chi connectivity index (χ4n) is 2.32. The molecule has 1 rings (SSSR count). The van der Waals surface area contributed by atoms with Gasteiger partial charge in [-0.2, -0.15) is 0 Å². The van der Waals surface area contributed by atoms with E-state index < -0.39 is 11.9 Å². The van der Waals surface area contributed by atoms with E-state index in [1.165, 1.54) is 19.3 Å². The van der Waals surface area contributed by atoms with Gasteiger partial charge in [-0.25, -0.2) is 9.59 Å². The normalized spacial score (nSPS) is 17.6. The van der Waals surface area contributed by atoms with E-state index in [9.17, 15) is 9.59 Å². The summed E-state index contributed by atoms with van der Waals surface area (Å²) in [4.78, 5) is 22.9. The van der Waals surface area contributed by atoms with Crippen LogP contribution in [0.5, 0.6) is 0 Å². The van der Waals surface area contributed by atoms with Gasteiger partial charge < -0.3 is 9.47 Å². The predicted octanol–water partition coefficient (Wildman–Crippen LogP) is 3.96. The number of carbonyl (C=O) groups excluding carboxylic acids is 2. The van der Waals surface area contributed by atoms with Crippen molar-refractivity contribution in [3.8, 4) is 0 Å². The molecule has 0 amide bonds. The Morgan fingerprint density at radius 2 is 1.77 bits per heavy atom. The summed E-state index contributed by atoms with van der Waals surface area (Å²) >= 11 is 0. The SMILES string of the molecule is CCCCCCCOC(=O)/C=C/C(=O)OCC1CC=CCC1. The topological polar surface area (TPSA) is 52.6 Å². The lowest BCUT2D eigenvalue weighted by Gasteiger charge is -2.16. The molecule has 1 atom stereocenters. The summed E-state index contributed by atoms with van der Waals surface area (Å²) in [7, 11) is 0. The van der Waals surface area contributed by atoms with Gasteiger partial charge in [0.25, 0.3) is 0 Å². The molecule has 0 aromatic heterocycles. The zero-order valence-corrected chi connectivity index (χ0v) is 13.6. The number of rotatable bonds is 10. The number of hydrogen-bond acceptors (Lipinski definition) is 4. The number of carbonyl (C=O) groups is 2. The molecule has 124 valence electrons. The van der Waals surface area contributed by atoms with Crippen LogP contribution in [0.4, 0.5) is 0 Å². The summed E-state index contributed by atoms with van der Waals surface area (Å²) in [6.07, 6.45) is 15.2. The molecular formula is C18H28O4. The van der Waals surface area contributed by atoms with E-state index in [1.54, 1.807) is 0 Å². The Hall–Kier alpha value is -1.58. The van der Waals surface area contributed by atoms with Gasteiger partial charge in [-0.3, -0.25) is 0 Å². The number of esters is 2. The Morgan fingerprint density at radius 3 is 2.45 bits per heavy atom. The number of hydrogen-bond donors (Lipinski definition) is 0. The first-order valence-corrected chi connectivity index (χ1v) is 8.39. The standard InChI is InChI=1S/C18H28O4/c1-2-3-4-5-9-14-21-17(19)12-13-18(20)22-15-16-10-7-6-8-11-16/h6-7,12-13,16H,2-5,8-11,14-15H2,1H3/b13-12+. The number of allylic oxidation sites excluding steroid dienone is 2. The lowest BCUT2D eigenvalue weighted by atomic mass is 9.95. The first-order valence-electron chi connectivity index (χ1n) is 8.39. The quantitative estimate of drug-likeness (QED) is 0.265. The maximum Gasteiger partial charge on any atom is 0.331 e. The monoisotopic (exact) mass is 308 g/mol. The predicted molar refractivity (Wildman–Crippen MR) is 86.3 cm³/mol. The summed E-state index contributed by atoms with van der Waals surface area (Å²) in [5.41, 5.74) is 0. The Kier molecular flexibility index (Phi) is 10.1. The third-order valence-corrected chi connectivity index (χ3v) is 3.69. The summed E-state index contributed by atoms with van der Waals surface area (Å²) in [5, 5.41) is 0. The first-order chi connectivity index (χ1) is 10.7. The van der Waals surface area contributed by atoms with E-state index in [4.69, 9.17) is 9.47 Å². The second-order valence-corrected chi connectivity index (χ2v) is 5.70. The summed E-state index contributed by atoms with van der Waals surface area (Å²) in [6.45, 7) is 2.99. The molecule has 22 heavy (non-hydrogen) atoms. The van der Waals surface area contributed by atoms with Crippen LogP contribution in [-0.4, -0.2) is 25.2 Å². The van der Waals surface area contributed by atoms with Gasteiger partial charge >= 0.3 is 11.9 Å². The molecule has 0 bridgehead atoms. The molecule has 1 aliphatic carbocycles. The van der Waals surface area contributed by atoms with Gasteiger partial charge in [0.05, 0.1) is 13.2 Å². The van der Waals surface area contributed by atoms with E-state index in [2.05, 4.69) is 19.1 Å². The van der Waals surface area contributed by atoms with Crippen molar-refractivity contribution in [3.63, 3.8) is 0 Å². The van der Waals surface area contributed by atoms with Crippen LogP contribution in [-0.2, 0) is 19.1 Å². The molecule has 0 N–H and O–H groups in total. The highest BCUT2D eigenvalue weighted by Gasteiger charge is 2.11. The van der Waals surface area contributed by atoms with Gasteiger partial charge in [0, 0.05) is 12.2 Å². The van der Waals surface area contributed by atoms with E-state index in [0.29, 0.717) is 19.1 Å². The molecule has 0 saturated carbocycles. The zero-order chi connectivity index (χ0) is 16.0. The maximum atomic E-state index is 11.5. The molecule has 0 saturated heterocycles. The van der Waals surface area contributed by atoms with Crippen LogP contribution in [0.2, 0.25) is 0 Å². The molecule has 1 aliphatic rings. The fraction of sp³-hybridized carbons (Fsp3) is 0.667. The Labute approximate surface area is 133 Å². The fourth-order valence-corrected chi connectivity index (χ4v) is 2.32. The second kappa shape index (κ2) is 12.0. The average Bonchev–Trinajstić information content (AvgIpc) is 2.55. The van der Waals surface area contributed by atoms with Crippen molar-refractivity contribution in [1.82, 2.24) is 0 Å².